The van der Waals surface area contributed by atoms with Gasteiger partial charge in [-0.25, -0.2) is 0 Å². The van der Waals surface area contributed by atoms with Crippen molar-refractivity contribution in [3.8, 4) is 22.8 Å². The summed E-state index contributed by atoms with van der Waals surface area (Å²) in [6.07, 6.45) is 1.71. The van der Waals surface area contributed by atoms with Crippen LogP contribution < -0.4 is 5.32 Å². The number of aromatic nitrogens is 5. The van der Waals surface area contributed by atoms with Gasteiger partial charge >= 0.3 is 0 Å². The maximum atomic E-state index is 12.5. The summed E-state index contributed by atoms with van der Waals surface area (Å²) in [6.45, 7) is 0. The summed E-state index contributed by atoms with van der Waals surface area (Å²) in [5.41, 5.74) is 4.38. The predicted molar refractivity (Wildman–Crippen MR) is 127 cm³/mol. The minimum absolute atomic E-state index is 0.137. The van der Waals surface area contributed by atoms with Crippen molar-refractivity contribution in [2.24, 2.45) is 0 Å². The molecule has 3 heterocycles. The van der Waals surface area contributed by atoms with Gasteiger partial charge in [-0.15, -0.1) is 10.2 Å². The lowest BCUT2D eigenvalue weighted by molar-refractivity contribution is 0.102. The fourth-order valence-corrected chi connectivity index (χ4v) is 3.80. The molecule has 0 radical (unpaired) electrons. The van der Waals surface area contributed by atoms with Gasteiger partial charge in [0.1, 0.15) is 5.69 Å². The molecule has 7 nitrogen and oxygen atoms in total. The third-order valence-electron chi connectivity index (χ3n) is 4.71. The van der Waals surface area contributed by atoms with Gasteiger partial charge in [0.05, 0.1) is 11.3 Å². The van der Waals surface area contributed by atoms with E-state index in [1.54, 1.807) is 10.7 Å². The summed E-state index contributed by atoms with van der Waals surface area (Å²) in [7, 11) is 0. The van der Waals surface area contributed by atoms with Gasteiger partial charge in [-0.05, 0) is 71.1 Å². The van der Waals surface area contributed by atoms with Crippen LogP contribution in [0.3, 0.4) is 0 Å². The molecule has 8 heteroatoms. The van der Waals surface area contributed by atoms with E-state index in [9.17, 15) is 4.79 Å². The van der Waals surface area contributed by atoms with Gasteiger partial charge in [-0.2, -0.15) is 9.61 Å². The maximum absolute atomic E-state index is 12.5. The Kier molecular flexibility index (Phi) is 5.13. The zero-order valence-corrected chi connectivity index (χ0v) is 18.3. The smallest absolute Gasteiger partial charge is 0.256 e. The number of fused-ring (bicyclic) bond motifs is 1. The number of nitrogens with zero attached hydrogens (tertiary/aromatic N) is 5. The van der Waals surface area contributed by atoms with Gasteiger partial charge in [-0.3, -0.25) is 9.78 Å². The van der Waals surface area contributed by atoms with E-state index in [4.69, 9.17) is 5.10 Å². The number of pyridine rings is 1. The molecule has 0 fully saturated rings. The number of halogens is 1. The Hall–Kier alpha value is -3.66. The minimum Gasteiger partial charge on any atom is -0.322 e. The first kappa shape index (κ1) is 19.3. The number of nitrogens with one attached hydrogen (secondary N) is 1. The van der Waals surface area contributed by atoms with E-state index in [1.807, 2.05) is 78.9 Å². The largest absolute Gasteiger partial charge is 0.322 e. The molecule has 0 aliphatic rings. The summed E-state index contributed by atoms with van der Waals surface area (Å²) in [5, 5.41) is 16.0. The van der Waals surface area contributed by atoms with Crippen LogP contribution in [0.5, 0.6) is 0 Å². The van der Waals surface area contributed by atoms with E-state index in [-0.39, 0.29) is 5.91 Å². The lowest BCUT2D eigenvalue weighted by Gasteiger charge is -2.08. The highest BCUT2D eigenvalue weighted by Crippen LogP contribution is 2.22. The van der Waals surface area contributed by atoms with Gasteiger partial charge < -0.3 is 5.32 Å². The summed E-state index contributed by atoms with van der Waals surface area (Å²) in [5.74, 6) is 0.445. The van der Waals surface area contributed by atoms with Crippen molar-refractivity contribution in [1.29, 1.82) is 0 Å². The Morgan fingerprint density at radius 3 is 2.42 bits per heavy atom. The quantitative estimate of drug-likeness (QED) is 0.349. The van der Waals surface area contributed by atoms with Crippen LogP contribution >= 0.6 is 22.6 Å². The molecule has 0 aliphatic heterocycles. The molecule has 0 bridgehead atoms. The topological polar surface area (TPSA) is 85.1 Å². The van der Waals surface area contributed by atoms with Gasteiger partial charge in [-0.1, -0.05) is 30.3 Å². The zero-order chi connectivity index (χ0) is 21.2. The van der Waals surface area contributed by atoms with Crippen LogP contribution in [0, 0.1) is 3.57 Å². The fraction of sp³-hybridized carbons (Fsp3) is 0. The lowest BCUT2D eigenvalue weighted by atomic mass is 10.1. The second-order valence-electron chi connectivity index (χ2n) is 6.74. The average molecular weight is 518 g/mol. The molecule has 0 saturated carbocycles. The van der Waals surface area contributed by atoms with Crippen molar-refractivity contribution in [2.75, 3.05) is 5.32 Å². The molecule has 0 unspecified atom stereocenters. The molecular formula is C23H15IN6O. The molecule has 1 amide bonds. The summed E-state index contributed by atoms with van der Waals surface area (Å²) in [6, 6.07) is 24.4. The summed E-state index contributed by atoms with van der Waals surface area (Å²) < 4.78 is 2.59. The number of rotatable bonds is 4. The first-order valence-corrected chi connectivity index (χ1v) is 10.6. The number of hydrogen-bond acceptors (Lipinski definition) is 5. The standard InChI is InChI=1S/C23H15IN6O/c24-18-6-2-1-5-17(18)23(31)26-16-10-8-15(9-11-16)19-12-13-21-27-28-22(30(21)29-19)20-7-3-4-14-25-20/h1-14H,(H,26,31). The molecule has 0 aliphatic carbocycles. The van der Waals surface area contributed by atoms with E-state index >= 15 is 0 Å². The van der Waals surface area contributed by atoms with Crippen LogP contribution in [0.4, 0.5) is 5.69 Å². The minimum atomic E-state index is -0.137. The highest BCUT2D eigenvalue weighted by atomic mass is 127. The number of benzene rings is 2. The predicted octanol–water partition coefficient (Wildman–Crippen LogP) is 4.71. The molecule has 31 heavy (non-hydrogen) atoms. The highest BCUT2D eigenvalue weighted by molar-refractivity contribution is 14.1. The van der Waals surface area contributed by atoms with E-state index < -0.39 is 0 Å². The van der Waals surface area contributed by atoms with Gasteiger partial charge in [0.2, 0.25) is 5.82 Å². The van der Waals surface area contributed by atoms with Gasteiger partial charge in [0.15, 0.2) is 5.65 Å². The van der Waals surface area contributed by atoms with Crippen LogP contribution in [0.1, 0.15) is 10.4 Å². The molecular weight excluding hydrogens is 503 g/mol. The molecule has 150 valence electrons. The average Bonchev–Trinajstić information content (AvgIpc) is 3.24. The normalized spacial score (nSPS) is 10.9. The molecule has 5 aromatic rings. The van der Waals surface area contributed by atoms with Crippen molar-refractivity contribution < 1.29 is 4.79 Å². The van der Waals surface area contributed by atoms with Crippen LogP contribution in [0.2, 0.25) is 0 Å². The molecule has 1 N–H and O–H groups in total. The van der Waals surface area contributed by atoms with Crippen molar-refractivity contribution >= 4 is 39.8 Å². The van der Waals surface area contributed by atoms with E-state index in [0.717, 1.165) is 14.8 Å². The lowest BCUT2D eigenvalue weighted by Crippen LogP contribution is -2.13. The fourth-order valence-electron chi connectivity index (χ4n) is 3.17. The second-order valence-corrected chi connectivity index (χ2v) is 7.90. The highest BCUT2D eigenvalue weighted by Gasteiger charge is 2.12. The summed E-state index contributed by atoms with van der Waals surface area (Å²) in [4.78, 5) is 16.9. The molecule has 2 aromatic carbocycles. The van der Waals surface area contributed by atoms with Crippen LogP contribution in [-0.2, 0) is 0 Å². The number of hydrogen-bond donors (Lipinski definition) is 1. The van der Waals surface area contributed by atoms with Crippen LogP contribution in [-0.4, -0.2) is 30.7 Å². The molecule has 3 aromatic heterocycles. The Morgan fingerprint density at radius 1 is 0.839 bits per heavy atom. The zero-order valence-electron chi connectivity index (χ0n) is 16.1. The van der Waals surface area contributed by atoms with E-state index in [2.05, 4.69) is 43.1 Å². The monoisotopic (exact) mass is 518 g/mol. The van der Waals surface area contributed by atoms with Crippen molar-refractivity contribution in [3.05, 3.63) is 94.2 Å². The SMILES string of the molecule is O=C(Nc1ccc(-c2ccc3nnc(-c4ccccn4)n3n2)cc1)c1ccccc1I. The first-order chi connectivity index (χ1) is 15.2. The summed E-state index contributed by atoms with van der Waals surface area (Å²) >= 11 is 2.16. The Balaban J connectivity index is 1.42. The van der Waals surface area contributed by atoms with Gasteiger partial charge in [0, 0.05) is 21.0 Å². The van der Waals surface area contributed by atoms with E-state index in [1.165, 1.54) is 0 Å². The number of carbonyl (C=O) groups excluding carboxylic acids is 1. The Bertz CT molecular complexity index is 1380. The molecule has 0 saturated heterocycles. The van der Waals surface area contributed by atoms with Crippen molar-refractivity contribution in [2.45, 2.75) is 0 Å². The van der Waals surface area contributed by atoms with Crippen molar-refractivity contribution in [1.82, 2.24) is 24.8 Å². The second kappa shape index (κ2) is 8.23. The Labute approximate surface area is 191 Å². The van der Waals surface area contributed by atoms with E-state index in [0.29, 0.717) is 28.4 Å². The number of amides is 1. The molecule has 5 rings (SSSR count). The van der Waals surface area contributed by atoms with Gasteiger partial charge in [0.25, 0.3) is 5.91 Å². The Morgan fingerprint density at radius 2 is 1.65 bits per heavy atom. The third kappa shape index (κ3) is 3.89. The van der Waals surface area contributed by atoms with Crippen molar-refractivity contribution in [3.63, 3.8) is 0 Å². The maximum Gasteiger partial charge on any atom is 0.256 e. The first-order valence-electron chi connectivity index (χ1n) is 9.49. The van der Waals surface area contributed by atoms with Crippen LogP contribution in [0.15, 0.2) is 85.1 Å². The van der Waals surface area contributed by atoms with Crippen LogP contribution in [0.25, 0.3) is 28.4 Å². The number of anilines is 1. The third-order valence-corrected chi connectivity index (χ3v) is 5.65. The number of carbonyl (C=O) groups is 1. The molecule has 0 spiro atoms. The molecule has 0 atom stereocenters.